The summed E-state index contributed by atoms with van der Waals surface area (Å²) in [5.41, 5.74) is 1.34. The van der Waals surface area contributed by atoms with Gasteiger partial charge >= 0.3 is 0 Å². The summed E-state index contributed by atoms with van der Waals surface area (Å²) in [4.78, 5) is 14.6. The molecular weight excluding hydrogens is 262 g/mol. The van der Waals surface area contributed by atoms with Gasteiger partial charge in [-0.1, -0.05) is 13.8 Å². The Hall–Kier alpha value is -1.86. The van der Waals surface area contributed by atoms with Gasteiger partial charge in [0.2, 0.25) is 5.91 Å². The molecule has 1 aromatic rings. The van der Waals surface area contributed by atoms with Crippen LogP contribution >= 0.6 is 0 Å². The number of anilines is 1. The van der Waals surface area contributed by atoms with E-state index in [1.807, 2.05) is 6.92 Å². The standard InChI is InChI=1S/C17H23N3O/c1-12-8-13(2)11-20(10-12)14(3)17(21)19-16-6-4-15(9-18)5-7-16/h4-7,12-14H,8,10-11H2,1-3H3,(H,19,21)/t12-,13-,14-/m1/s1. The number of nitrogens with zero attached hydrogens (tertiary/aromatic N) is 2. The predicted octanol–water partition coefficient (Wildman–Crippen LogP) is 2.86. The molecule has 4 heteroatoms. The molecule has 0 radical (unpaired) electrons. The van der Waals surface area contributed by atoms with Crippen molar-refractivity contribution in [3.8, 4) is 6.07 Å². The molecular formula is C17H23N3O. The second-order valence-corrected chi connectivity index (χ2v) is 6.25. The second-order valence-electron chi connectivity index (χ2n) is 6.25. The fourth-order valence-corrected chi connectivity index (χ4v) is 3.07. The Morgan fingerprint density at radius 1 is 1.29 bits per heavy atom. The van der Waals surface area contributed by atoms with E-state index in [0.29, 0.717) is 17.4 Å². The molecule has 1 saturated heterocycles. The summed E-state index contributed by atoms with van der Waals surface area (Å²) in [6.45, 7) is 8.41. The molecule has 1 amide bonds. The van der Waals surface area contributed by atoms with E-state index in [1.54, 1.807) is 24.3 Å². The van der Waals surface area contributed by atoms with Gasteiger partial charge in [0.15, 0.2) is 0 Å². The molecule has 3 atom stereocenters. The van der Waals surface area contributed by atoms with Crippen LogP contribution in [0, 0.1) is 23.2 Å². The van der Waals surface area contributed by atoms with E-state index in [9.17, 15) is 4.79 Å². The number of rotatable bonds is 3. The van der Waals surface area contributed by atoms with E-state index >= 15 is 0 Å². The van der Waals surface area contributed by atoms with Crippen LogP contribution < -0.4 is 5.32 Å². The molecule has 0 aromatic heterocycles. The van der Waals surface area contributed by atoms with Crippen molar-refractivity contribution in [1.82, 2.24) is 4.90 Å². The van der Waals surface area contributed by atoms with Gasteiger partial charge in [-0.15, -0.1) is 0 Å². The molecule has 1 aliphatic rings. The first kappa shape index (κ1) is 15.5. The Bertz CT molecular complexity index is 522. The van der Waals surface area contributed by atoms with E-state index in [4.69, 9.17) is 5.26 Å². The molecule has 1 N–H and O–H groups in total. The largest absolute Gasteiger partial charge is 0.325 e. The van der Waals surface area contributed by atoms with Gasteiger partial charge in [0.25, 0.3) is 0 Å². The number of nitriles is 1. The number of nitrogens with one attached hydrogen (secondary N) is 1. The average molecular weight is 285 g/mol. The molecule has 0 bridgehead atoms. The number of carbonyl (C=O) groups is 1. The van der Waals surface area contributed by atoms with Crippen molar-refractivity contribution >= 4 is 11.6 Å². The van der Waals surface area contributed by atoms with E-state index in [1.165, 1.54) is 6.42 Å². The van der Waals surface area contributed by atoms with Crippen molar-refractivity contribution in [2.45, 2.75) is 33.2 Å². The maximum atomic E-state index is 12.4. The van der Waals surface area contributed by atoms with Gasteiger partial charge in [-0.25, -0.2) is 0 Å². The first-order valence-corrected chi connectivity index (χ1v) is 7.54. The average Bonchev–Trinajstić information content (AvgIpc) is 2.46. The van der Waals surface area contributed by atoms with Gasteiger partial charge in [0.1, 0.15) is 0 Å². The number of piperidine rings is 1. The van der Waals surface area contributed by atoms with Crippen molar-refractivity contribution in [1.29, 1.82) is 5.26 Å². The summed E-state index contributed by atoms with van der Waals surface area (Å²) >= 11 is 0. The van der Waals surface area contributed by atoms with Crippen LogP contribution in [0.15, 0.2) is 24.3 Å². The molecule has 1 aromatic carbocycles. The highest BCUT2D eigenvalue weighted by Crippen LogP contribution is 2.23. The van der Waals surface area contributed by atoms with Gasteiger partial charge in [-0.05, 0) is 49.4 Å². The molecule has 0 unspecified atom stereocenters. The first-order valence-electron chi connectivity index (χ1n) is 7.54. The normalized spacial score (nSPS) is 24.1. The monoisotopic (exact) mass is 285 g/mol. The molecule has 21 heavy (non-hydrogen) atoms. The zero-order valence-corrected chi connectivity index (χ0v) is 13.0. The van der Waals surface area contributed by atoms with Crippen LogP contribution in [0.1, 0.15) is 32.8 Å². The zero-order chi connectivity index (χ0) is 15.4. The number of hydrogen-bond acceptors (Lipinski definition) is 3. The maximum Gasteiger partial charge on any atom is 0.241 e. The summed E-state index contributed by atoms with van der Waals surface area (Å²) in [6.07, 6.45) is 1.24. The second kappa shape index (κ2) is 6.73. The molecule has 0 spiro atoms. The topological polar surface area (TPSA) is 56.1 Å². The molecule has 2 rings (SSSR count). The highest BCUT2D eigenvalue weighted by molar-refractivity contribution is 5.94. The van der Waals surface area contributed by atoms with Crippen molar-refractivity contribution < 1.29 is 4.79 Å². The van der Waals surface area contributed by atoms with E-state index in [0.717, 1.165) is 18.8 Å². The number of hydrogen-bond donors (Lipinski definition) is 1. The number of amides is 1. The summed E-state index contributed by atoms with van der Waals surface area (Å²) in [6, 6.07) is 8.90. The Morgan fingerprint density at radius 2 is 1.86 bits per heavy atom. The van der Waals surface area contributed by atoms with Crippen molar-refractivity contribution in [3.05, 3.63) is 29.8 Å². The SMILES string of the molecule is C[C@@H]1C[C@@H](C)CN([C@H](C)C(=O)Nc2ccc(C#N)cc2)C1. The third kappa shape index (κ3) is 4.05. The number of benzene rings is 1. The van der Waals surface area contributed by atoms with E-state index in [2.05, 4.69) is 30.1 Å². The summed E-state index contributed by atoms with van der Waals surface area (Å²) < 4.78 is 0. The summed E-state index contributed by atoms with van der Waals surface area (Å²) in [5.74, 6) is 1.29. The Balaban J connectivity index is 1.97. The molecule has 0 saturated carbocycles. The van der Waals surface area contributed by atoms with E-state index < -0.39 is 0 Å². The lowest BCUT2D eigenvalue weighted by Crippen LogP contribution is -2.48. The van der Waals surface area contributed by atoms with Crippen LogP contribution in [0.5, 0.6) is 0 Å². The molecule has 0 aliphatic carbocycles. The highest BCUT2D eigenvalue weighted by atomic mass is 16.2. The van der Waals surface area contributed by atoms with Gasteiger partial charge < -0.3 is 5.32 Å². The van der Waals surface area contributed by atoms with Crippen LogP contribution in [0.4, 0.5) is 5.69 Å². The molecule has 4 nitrogen and oxygen atoms in total. The fourth-order valence-electron chi connectivity index (χ4n) is 3.07. The number of likely N-dealkylation sites (tertiary alicyclic amines) is 1. The smallest absolute Gasteiger partial charge is 0.241 e. The van der Waals surface area contributed by atoms with Crippen molar-refractivity contribution in [2.75, 3.05) is 18.4 Å². The third-order valence-corrected chi connectivity index (χ3v) is 4.11. The van der Waals surface area contributed by atoms with Crippen LogP contribution in [-0.4, -0.2) is 29.9 Å². The first-order chi connectivity index (χ1) is 9.99. The molecule has 1 fully saturated rings. The van der Waals surface area contributed by atoms with Crippen molar-refractivity contribution in [2.24, 2.45) is 11.8 Å². The third-order valence-electron chi connectivity index (χ3n) is 4.11. The van der Waals surface area contributed by atoms with Crippen LogP contribution in [-0.2, 0) is 4.79 Å². The lowest BCUT2D eigenvalue weighted by atomic mass is 9.91. The molecule has 1 aliphatic heterocycles. The lowest BCUT2D eigenvalue weighted by Gasteiger charge is -2.38. The summed E-state index contributed by atoms with van der Waals surface area (Å²) in [7, 11) is 0. The summed E-state index contributed by atoms with van der Waals surface area (Å²) in [5, 5.41) is 11.7. The lowest BCUT2D eigenvalue weighted by molar-refractivity contribution is -0.121. The minimum Gasteiger partial charge on any atom is -0.325 e. The molecule has 112 valence electrons. The fraction of sp³-hybridized carbons (Fsp3) is 0.529. The Labute approximate surface area is 126 Å². The Kier molecular flexibility index (Phi) is 4.98. The highest BCUT2D eigenvalue weighted by Gasteiger charge is 2.28. The predicted molar refractivity (Wildman–Crippen MR) is 83.8 cm³/mol. The van der Waals surface area contributed by atoms with Crippen LogP contribution in [0.25, 0.3) is 0 Å². The van der Waals surface area contributed by atoms with Crippen molar-refractivity contribution in [3.63, 3.8) is 0 Å². The van der Waals surface area contributed by atoms with Gasteiger partial charge in [-0.2, -0.15) is 5.26 Å². The maximum absolute atomic E-state index is 12.4. The van der Waals surface area contributed by atoms with Crippen LogP contribution in [0.2, 0.25) is 0 Å². The number of carbonyl (C=O) groups excluding carboxylic acids is 1. The van der Waals surface area contributed by atoms with Gasteiger partial charge in [0.05, 0.1) is 17.7 Å². The minimum absolute atomic E-state index is 0.0148. The quantitative estimate of drug-likeness (QED) is 0.929. The van der Waals surface area contributed by atoms with Gasteiger partial charge in [0, 0.05) is 18.8 Å². The van der Waals surface area contributed by atoms with Gasteiger partial charge in [-0.3, -0.25) is 9.69 Å². The minimum atomic E-state index is -0.133. The Morgan fingerprint density at radius 3 is 2.38 bits per heavy atom. The molecule has 1 heterocycles. The van der Waals surface area contributed by atoms with Crippen LogP contribution in [0.3, 0.4) is 0 Å². The van der Waals surface area contributed by atoms with E-state index in [-0.39, 0.29) is 11.9 Å². The zero-order valence-electron chi connectivity index (χ0n) is 13.0.